The van der Waals surface area contributed by atoms with Gasteiger partial charge in [-0.05, 0) is 81.0 Å². The Morgan fingerprint density at radius 2 is 1.94 bits per heavy atom. The standard InChI is InChI=1S/C34H42F3N7O4S/c1-21-9-10-23(27(15-21)43(2)49(4,46)47)18-38-30-25(34(35,36)37)19-39-32(42-30)40-26-12-11-22(16-28(26)48-3)31(45)41-29-17-33(29)13-6-14-44(20-33)24-7-5-8-24/h9-12,15-16,19,24,29H,5-8,13-14,17-18,20H2,1-4H3,(H,41,45)(H2,38,39,40,42). The summed E-state index contributed by atoms with van der Waals surface area (Å²) in [6, 6.07) is 10.7. The number of rotatable bonds is 11. The van der Waals surface area contributed by atoms with E-state index in [0.29, 0.717) is 34.7 Å². The van der Waals surface area contributed by atoms with Gasteiger partial charge in [0.1, 0.15) is 17.1 Å². The van der Waals surface area contributed by atoms with Gasteiger partial charge < -0.3 is 20.7 Å². The summed E-state index contributed by atoms with van der Waals surface area (Å²) in [6.07, 6.45) is 4.02. The normalized spacial score (nSPS) is 21.2. The molecule has 1 aromatic heterocycles. The Labute approximate surface area is 284 Å². The van der Waals surface area contributed by atoms with Gasteiger partial charge >= 0.3 is 6.18 Å². The van der Waals surface area contributed by atoms with Crippen molar-refractivity contribution in [1.29, 1.82) is 0 Å². The number of carbonyl (C=O) groups is 1. The highest BCUT2D eigenvalue weighted by atomic mass is 32.2. The summed E-state index contributed by atoms with van der Waals surface area (Å²) in [4.78, 5) is 23.9. The van der Waals surface area contributed by atoms with Crippen LogP contribution in [-0.4, -0.2) is 74.8 Å². The summed E-state index contributed by atoms with van der Waals surface area (Å²) in [5.74, 6) is -0.554. The number of alkyl halides is 3. The molecule has 3 fully saturated rings. The van der Waals surface area contributed by atoms with Crippen LogP contribution in [0.1, 0.15) is 65.6 Å². The van der Waals surface area contributed by atoms with Crippen molar-refractivity contribution in [2.45, 2.75) is 70.3 Å². The molecule has 3 N–H and O–H groups in total. The molecule has 2 heterocycles. The Morgan fingerprint density at radius 3 is 2.61 bits per heavy atom. The van der Waals surface area contributed by atoms with Crippen LogP contribution < -0.4 is 25.0 Å². The van der Waals surface area contributed by atoms with Crippen LogP contribution in [0.3, 0.4) is 0 Å². The number of likely N-dealkylation sites (tertiary alicyclic amines) is 1. The first kappa shape index (κ1) is 34.7. The van der Waals surface area contributed by atoms with E-state index in [9.17, 15) is 26.4 Å². The lowest BCUT2D eigenvalue weighted by Crippen LogP contribution is -2.48. The molecule has 2 saturated carbocycles. The number of nitrogens with one attached hydrogen (secondary N) is 3. The molecule has 49 heavy (non-hydrogen) atoms. The minimum Gasteiger partial charge on any atom is -0.495 e. The first-order chi connectivity index (χ1) is 23.2. The number of aromatic nitrogens is 2. The van der Waals surface area contributed by atoms with E-state index in [1.807, 2.05) is 0 Å². The van der Waals surface area contributed by atoms with Gasteiger partial charge in [-0.25, -0.2) is 13.4 Å². The van der Waals surface area contributed by atoms with Crippen molar-refractivity contribution >= 4 is 39.1 Å². The molecular weight excluding hydrogens is 659 g/mol. The van der Waals surface area contributed by atoms with Crippen LogP contribution in [-0.2, 0) is 22.7 Å². The first-order valence-electron chi connectivity index (χ1n) is 16.4. The van der Waals surface area contributed by atoms with Gasteiger partial charge in [-0.1, -0.05) is 18.6 Å². The highest BCUT2D eigenvalue weighted by Gasteiger charge is 2.57. The van der Waals surface area contributed by atoms with Crippen LogP contribution in [0, 0.1) is 12.3 Å². The molecule has 1 saturated heterocycles. The average Bonchev–Trinajstić information content (AvgIpc) is 3.67. The molecule has 15 heteroatoms. The summed E-state index contributed by atoms with van der Waals surface area (Å²) in [5, 5.41) is 8.84. The molecule has 2 aliphatic carbocycles. The van der Waals surface area contributed by atoms with Gasteiger partial charge in [0.15, 0.2) is 0 Å². The van der Waals surface area contributed by atoms with Gasteiger partial charge in [-0.2, -0.15) is 18.2 Å². The Hall–Kier alpha value is -4.11. The Morgan fingerprint density at radius 1 is 1.16 bits per heavy atom. The third-order valence-electron chi connectivity index (χ3n) is 10.1. The topological polar surface area (TPSA) is 129 Å². The van der Waals surface area contributed by atoms with Gasteiger partial charge in [0, 0.05) is 49.4 Å². The maximum absolute atomic E-state index is 14.0. The van der Waals surface area contributed by atoms with Crippen LogP contribution in [0.2, 0.25) is 0 Å². The molecule has 1 spiro atoms. The van der Waals surface area contributed by atoms with Gasteiger partial charge in [-0.3, -0.25) is 14.0 Å². The van der Waals surface area contributed by atoms with Gasteiger partial charge in [0.05, 0.1) is 24.7 Å². The van der Waals surface area contributed by atoms with Gasteiger partial charge in [0.2, 0.25) is 16.0 Å². The molecule has 1 amide bonds. The van der Waals surface area contributed by atoms with Crippen molar-refractivity contribution in [3.8, 4) is 5.75 Å². The van der Waals surface area contributed by atoms with Crippen LogP contribution >= 0.6 is 0 Å². The van der Waals surface area contributed by atoms with Crippen molar-refractivity contribution < 1.29 is 31.1 Å². The van der Waals surface area contributed by atoms with Crippen molar-refractivity contribution in [1.82, 2.24) is 20.2 Å². The zero-order chi connectivity index (χ0) is 35.1. The van der Waals surface area contributed by atoms with E-state index in [-0.39, 0.29) is 35.6 Å². The third-order valence-corrected chi connectivity index (χ3v) is 11.2. The second-order valence-corrected chi connectivity index (χ2v) is 15.5. The number of hydrogen-bond donors (Lipinski definition) is 3. The van der Waals surface area contributed by atoms with E-state index in [1.165, 1.54) is 33.4 Å². The summed E-state index contributed by atoms with van der Waals surface area (Å²) in [7, 11) is -0.814. The number of nitrogens with zero attached hydrogens (tertiary/aromatic N) is 4. The zero-order valence-corrected chi connectivity index (χ0v) is 28.8. The Kier molecular flexibility index (Phi) is 9.44. The van der Waals surface area contributed by atoms with E-state index in [1.54, 1.807) is 43.3 Å². The van der Waals surface area contributed by atoms with E-state index in [2.05, 4.69) is 30.8 Å². The number of halogens is 3. The lowest BCUT2D eigenvalue weighted by molar-refractivity contribution is -0.137. The van der Waals surface area contributed by atoms with E-state index < -0.39 is 27.6 Å². The maximum Gasteiger partial charge on any atom is 0.421 e. The number of sulfonamides is 1. The van der Waals surface area contributed by atoms with Crippen LogP contribution in [0.25, 0.3) is 0 Å². The summed E-state index contributed by atoms with van der Waals surface area (Å²) >= 11 is 0. The first-order valence-corrected chi connectivity index (χ1v) is 18.2. The number of carbonyl (C=O) groups excluding carboxylic acids is 1. The second kappa shape index (κ2) is 13.3. The number of anilines is 4. The lowest BCUT2D eigenvalue weighted by Gasteiger charge is -2.43. The third kappa shape index (κ3) is 7.57. The minimum absolute atomic E-state index is 0.126. The zero-order valence-electron chi connectivity index (χ0n) is 28.0. The molecule has 0 bridgehead atoms. The van der Waals surface area contributed by atoms with Crippen LogP contribution in [0.15, 0.2) is 42.6 Å². The number of piperidine rings is 1. The van der Waals surface area contributed by atoms with Crippen molar-refractivity contribution in [3.05, 3.63) is 64.8 Å². The second-order valence-electron chi connectivity index (χ2n) is 13.5. The molecular formula is C34H42F3N7O4S. The van der Waals surface area contributed by atoms with E-state index >= 15 is 0 Å². The predicted molar refractivity (Wildman–Crippen MR) is 182 cm³/mol. The van der Waals surface area contributed by atoms with Crippen molar-refractivity contribution in [2.75, 3.05) is 48.4 Å². The predicted octanol–water partition coefficient (Wildman–Crippen LogP) is 5.70. The summed E-state index contributed by atoms with van der Waals surface area (Å²) < 4.78 is 73.0. The molecule has 2 unspecified atom stereocenters. The van der Waals surface area contributed by atoms with E-state index in [0.717, 1.165) is 48.5 Å². The monoisotopic (exact) mass is 701 g/mol. The number of ether oxygens (including phenoxy) is 1. The Bertz CT molecular complexity index is 1840. The molecule has 2 aromatic carbocycles. The van der Waals surface area contributed by atoms with Crippen molar-refractivity contribution in [3.63, 3.8) is 0 Å². The fourth-order valence-corrected chi connectivity index (χ4v) is 7.35. The molecule has 6 rings (SSSR count). The molecule has 3 aliphatic rings. The fraction of sp³-hybridized carbons (Fsp3) is 0.500. The number of hydrogen-bond acceptors (Lipinski definition) is 9. The molecule has 264 valence electrons. The SMILES string of the molecule is COc1cc(C(=O)NC2CC23CCCN(C2CCC2)C3)ccc1Nc1ncc(C(F)(F)F)c(NCc2ccc(C)cc2N(C)S(C)(=O)=O)n1. The lowest BCUT2D eigenvalue weighted by atomic mass is 9.86. The Balaban J connectivity index is 1.16. The number of aryl methyl sites for hydroxylation is 1. The summed E-state index contributed by atoms with van der Waals surface area (Å²) in [5.41, 5.74) is 1.38. The molecule has 2 atom stereocenters. The quantitative estimate of drug-likeness (QED) is 0.231. The summed E-state index contributed by atoms with van der Waals surface area (Å²) in [6.45, 7) is 3.80. The smallest absolute Gasteiger partial charge is 0.421 e. The largest absolute Gasteiger partial charge is 0.495 e. The molecule has 11 nitrogen and oxygen atoms in total. The minimum atomic E-state index is -4.76. The number of benzene rings is 2. The van der Waals surface area contributed by atoms with Crippen molar-refractivity contribution in [2.24, 2.45) is 5.41 Å². The molecule has 0 radical (unpaired) electrons. The molecule has 3 aromatic rings. The maximum atomic E-state index is 14.0. The number of amides is 1. The average molecular weight is 702 g/mol. The van der Waals surface area contributed by atoms with E-state index in [4.69, 9.17) is 4.74 Å². The van der Waals surface area contributed by atoms with Gasteiger partial charge in [0.25, 0.3) is 5.91 Å². The van der Waals surface area contributed by atoms with Crippen LogP contribution in [0.4, 0.5) is 36.3 Å². The highest BCUT2D eigenvalue weighted by molar-refractivity contribution is 7.92. The number of methoxy groups -OCH3 is 1. The highest BCUT2D eigenvalue weighted by Crippen LogP contribution is 2.53. The van der Waals surface area contributed by atoms with Gasteiger partial charge in [-0.15, -0.1) is 0 Å². The van der Waals surface area contributed by atoms with Crippen LogP contribution in [0.5, 0.6) is 5.75 Å². The fourth-order valence-electron chi connectivity index (χ4n) is 6.82. The molecule has 1 aliphatic heterocycles.